The van der Waals surface area contributed by atoms with Gasteiger partial charge in [-0.15, -0.1) is 24.3 Å². The van der Waals surface area contributed by atoms with Crippen LogP contribution in [0.25, 0.3) is 0 Å². The smallest absolute Gasteiger partial charge is 0.361 e. The first kappa shape index (κ1) is 20.0. The molecule has 0 saturated carbocycles. The molecular formula is C15H17NOSZn. The van der Waals surface area contributed by atoms with E-state index in [2.05, 4.69) is 32.2 Å². The molecule has 0 bridgehead atoms. The van der Waals surface area contributed by atoms with Crippen LogP contribution < -0.4 is 5.73 Å². The molecule has 0 aliphatic heterocycles. The quantitative estimate of drug-likeness (QED) is 0.433. The molecule has 0 atom stereocenters. The molecule has 2 aromatic carbocycles. The zero-order valence-electron chi connectivity index (χ0n) is 10.8. The molecule has 1 amide bonds. The largest absolute Gasteiger partial charge is 2.00 e. The molecule has 0 radical (unpaired) electrons. The van der Waals surface area contributed by atoms with E-state index in [-0.39, 0.29) is 19.5 Å². The molecular weight excluding hydrogens is 308 g/mol. The van der Waals surface area contributed by atoms with Crippen LogP contribution in [0.2, 0.25) is 0 Å². The Morgan fingerprint density at radius 1 is 0.842 bits per heavy atom. The number of primary amides is 1. The first-order valence-corrected chi connectivity index (χ1v) is 5.69. The van der Waals surface area contributed by atoms with E-state index >= 15 is 0 Å². The zero-order chi connectivity index (χ0) is 13.8. The first-order chi connectivity index (χ1) is 8.52. The fraction of sp³-hybridized carbons (Fsp3) is 0. The van der Waals surface area contributed by atoms with Gasteiger partial charge in [0.05, 0.1) is 0 Å². The molecule has 2 aromatic rings. The summed E-state index contributed by atoms with van der Waals surface area (Å²) in [4.78, 5) is 9.09. The Morgan fingerprint density at radius 2 is 1.05 bits per heavy atom. The molecule has 0 saturated heterocycles. The van der Waals surface area contributed by atoms with Crippen molar-refractivity contribution >= 4 is 17.9 Å². The van der Waals surface area contributed by atoms with Gasteiger partial charge in [-0.2, -0.15) is 49.2 Å². The van der Waals surface area contributed by atoms with E-state index in [0.717, 1.165) is 11.1 Å². The van der Waals surface area contributed by atoms with Crippen LogP contribution in [0.1, 0.15) is 11.1 Å². The van der Waals surface area contributed by atoms with Crippen molar-refractivity contribution in [3.05, 3.63) is 85.6 Å². The summed E-state index contributed by atoms with van der Waals surface area (Å²) in [6, 6.07) is 19.7. The molecule has 0 aromatic heterocycles. The molecule has 19 heavy (non-hydrogen) atoms. The number of amides is 1. The average Bonchev–Trinajstić information content (AvgIpc) is 2.31. The molecule has 0 aliphatic rings. The summed E-state index contributed by atoms with van der Waals surface area (Å²) in [7, 11) is 0. The Labute approximate surface area is 133 Å². The van der Waals surface area contributed by atoms with Gasteiger partial charge in [0.25, 0.3) is 5.24 Å². The molecule has 96 valence electrons. The third-order valence-electron chi connectivity index (χ3n) is 1.69. The van der Waals surface area contributed by atoms with Crippen LogP contribution in [-0.2, 0) is 19.5 Å². The summed E-state index contributed by atoms with van der Waals surface area (Å²) >= 11 is 3.10. The summed E-state index contributed by atoms with van der Waals surface area (Å²) in [6.07, 6.45) is 0. The van der Waals surface area contributed by atoms with E-state index in [0.29, 0.717) is 0 Å². The van der Waals surface area contributed by atoms with Gasteiger partial charge >= 0.3 is 19.5 Å². The van der Waals surface area contributed by atoms with Crippen molar-refractivity contribution in [3.8, 4) is 0 Å². The molecule has 0 fully saturated rings. The summed E-state index contributed by atoms with van der Waals surface area (Å²) in [6.45, 7) is 7.44. The van der Waals surface area contributed by atoms with Crippen molar-refractivity contribution in [1.82, 2.24) is 0 Å². The zero-order valence-corrected chi connectivity index (χ0v) is 14.7. The summed E-state index contributed by atoms with van der Waals surface area (Å²) in [5, 5.41) is -0.639. The second-order valence-electron chi connectivity index (χ2n) is 3.31. The average molecular weight is 325 g/mol. The van der Waals surface area contributed by atoms with Gasteiger partial charge in [-0.3, -0.25) is 4.79 Å². The molecule has 2 nitrogen and oxygen atoms in total. The number of rotatable bonds is 0. The van der Waals surface area contributed by atoms with Crippen molar-refractivity contribution in [3.63, 3.8) is 0 Å². The second kappa shape index (κ2) is 13.1. The number of hydrogen-bond donors (Lipinski definition) is 2. The monoisotopic (exact) mass is 323 g/mol. The van der Waals surface area contributed by atoms with Gasteiger partial charge in [0.2, 0.25) is 0 Å². The van der Waals surface area contributed by atoms with E-state index in [1.807, 2.05) is 60.7 Å². The van der Waals surface area contributed by atoms with Crippen molar-refractivity contribution in [2.24, 2.45) is 5.73 Å². The number of thiol groups is 1. The van der Waals surface area contributed by atoms with Gasteiger partial charge in [-0.25, -0.2) is 0 Å². The Balaban J connectivity index is 0. The third-order valence-corrected chi connectivity index (χ3v) is 1.69. The second-order valence-corrected chi connectivity index (χ2v) is 3.75. The first-order valence-electron chi connectivity index (χ1n) is 5.24. The van der Waals surface area contributed by atoms with Crippen LogP contribution in [0.5, 0.6) is 0 Å². The molecule has 0 aliphatic carbocycles. The number of benzene rings is 2. The molecule has 4 heteroatoms. The molecule has 0 unspecified atom stereocenters. The van der Waals surface area contributed by atoms with E-state index in [1.165, 1.54) is 0 Å². The molecule has 2 rings (SSSR count). The normalized spacial score (nSPS) is 7.63. The van der Waals surface area contributed by atoms with Crippen LogP contribution in [0.3, 0.4) is 0 Å². The summed E-state index contributed by atoms with van der Waals surface area (Å²) in [5.41, 5.74) is 6.48. The number of hydrogen-bond acceptors (Lipinski definition) is 1. The van der Waals surface area contributed by atoms with Crippen LogP contribution in [-0.4, -0.2) is 5.24 Å². The maximum atomic E-state index is 9.09. The maximum Gasteiger partial charge on any atom is 2.00 e. The number of carbonyl (C=O) groups excluding carboxylic acids is 1. The Bertz CT molecular complexity index is 393. The topological polar surface area (TPSA) is 43.1 Å². The van der Waals surface area contributed by atoms with E-state index in [1.54, 1.807) is 0 Å². The van der Waals surface area contributed by atoms with Crippen LogP contribution in [0.15, 0.2) is 60.7 Å². The Hall–Kier alpha value is -1.38. The number of carbonyl (C=O) groups is 1. The fourth-order valence-electron chi connectivity index (χ4n) is 0.956. The Morgan fingerprint density at radius 3 is 1.16 bits per heavy atom. The fourth-order valence-corrected chi connectivity index (χ4v) is 0.956. The minimum atomic E-state index is -0.639. The van der Waals surface area contributed by atoms with Crippen LogP contribution >= 0.6 is 12.6 Å². The van der Waals surface area contributed by atoms with Gasteiger partial charge in [0.15, 0.2) is 0 Å². The predicted octanol–water partition coefficient (Wildman–Crippen LogP) is 3.73. The molecule has 0 spiro atoms. The van der Waals surface area contributed by atoms with Crippen molar-refractivity contribution < 1.29 is 24.3 Å². The van der Waals surface area contributed by atoms with Gasteiger partial charge in [0.1, 0.15) is 0 Å². The van der Waals surface area contributed by atoms with E-state index in [4.69, 9.17) is 4.79 Å². The van der Waals surface area contributed by atoms with E-state index < -0.39 is 5.24 Å². The molecule has 0 heterocycles. The maximum absolute atomic E-state index is 9.09. The van der Waals surface area contributed by atoms with Gasteiger partial charge in [-0.05, 0) is 0 Å². The van der Waals surface area contributed by atoms with Crippen molar-refractivity contribution in [2.45, 2.75) is 0 Å². The van der Waals surface area contributed by atoms with Gasteiger partial charge in [-0.1, -0.05) is 24.8 Å². The van der Waals surface area contributed by atoms with Gasteiger partial charge < -0.3 is 5.73 Å². The summed E-state index contributed by atoms with van der Waals surface area (Å²) in [5.74, 6) is 0. The Kier molecular flexibility index (Phi) is 13.7. The van der Waals surface area contributed by atoms with Crippen LogP contribution in [0.4, 0.5) is 4.79 Å². The SMILES string of the molecule is NC(=O)S.[CH2-]c1ccccc1.[CH2-]c1ccccc1.[Zn+2]. The minimum absolute atomic E-state index is 0. The van der Waals surface area contributed by atoms with Crippen LogP contribution in [0, 0.1) is 13.8 Å². The molecule has 2 N–H and O–H groups in total. The standard InChI is InChI=1S/2C7H7.CH3NOS.Zn/c2*1-7-5-3-2-4-6-7;2-1(3)4;/h2*2-6H,1H2;(H3,2,3,4);/q2*-1;;+2. The summed E-state index contributed by atoms with van der Waals surface area (Å²) < 4.78 is 0. The van der Waals surface area contributed by atoms with Crippen molar-refractivity contribution in [1.29, 1.82) is 0 Å². The third kappa shape index (κ3) is 16.6. The van der Waals surface area contributed by atoms with Crippen molar-refractivity contribution in [2.75, 3.05) is 0 Å². The number of nitrogens with two attached hydrogens (primary N) is 1. The predicted molar refractivity (Wildman–Crippen MR) is 80.4 cm³/mol. The van der Waals surface area contributed by atoms with Gasteiger partial charge in [0, 0.05) is 0 Å². The van der Waals surface area contributed by atoms with E-state index in [9.17, 15) is 0 Å². The minimum Gasteiger partial charge on any atom is -0.361 e.